The van der Waals surface area contributed by atoms with Crippen molar-refractivity contribution in [3.05, 3.63) is 74.4 Å². The third kappa shape index (κ3) is 8.82. The van der Waals surface area contributed by atoms with Crippen LogP contribution in [0.5, 0.6) is 11.5 Å². The number of hydrogen-bond donors (Lipinski definition) is 2. The van der Waals surface area contributed by atoms with Crippen LogP contribution in [0, 0.1) is 17.7 Å². The molecule has 2 fully saturated rings. The van der Waals surface area contributed by atoms with Gasteiger partial charge in [-0.15, -0.1) is 0 Å². The Morgan fingerprint density at radius 3 is 2.35 bits per heavy atom. The SMILES string of the molecule is CCn1c(=O)c(C(=O)Nc2ccc(Oc3ccnc(N)c3C#CC(C)(C)N3CCN(C(=O)OC(C)(C)C)CC3)c(F)c2)cn(C2CCCCC2)c1=O. The molecule has 2 aromatic heterocycles. The van der Waals surface area contributed by atoms with Crippen molar-refractivity contribution in [2.45, 2.75) is 97.4 Å². The van der Waals surface area contributed by atoms with Gasteiger partial charge in [0, 0.05) is 69.0 Å². The van der Waals surface area contributed by atoms with Crippen molar-refractivity contribution in [2.24, 2.45) is 0 Å². The summed E-state index contributed by atoms with van der Waals surface area (Å²) in [6.45, 7) is 13.4. The molecule has 2 aliphatic rings. The van der Waals surface area contributed by atoms with Crippen LogP contribution in [0.3, 0.4) is 0 Å². The molecule has 1 aliphatic carbocycles. The number of rotatable bonds is 7. The molecule has 1 saturated carbocycles. The van der Waals surface area contributed by atoms with E-state index in [9.17, 15) is 19.2 Å². The van der Waals surface area contributed by atoms with Crippen molar-refractivity contribution in [1.82, 2.24) is 23.9 Å². The van der Waals surface area contributed by atoms with E-state index in [1.165, 1.54) is 35.2 Å². The van der Waals surface area contributed by atoms with Crippen molar-refractivity contribution < 1.29 is 23.5 Å². The highest BCUT2D eigenvalue weighted by Gasteiger charge is 2.32. The third-order valence-corrected chi connectivity index (χ3v) is 9.29. The van der Waals surface area contributed by atoms with Crippen LogP contribution < -0.4 is 27.0 Å². The lowest BCUT2D eigenvalue weighted by molar-refractivity contribution is 0.00781. The van der Waals surface area contributed by atoms with Crippen LogP contribution in [0.15, 0.2) is 46.2 Å². The number of nitrogens with one attached hydrogen (secondary N) is 1. The van der Waals surface area contributed by atoms with Crippen molar-refractivity contribution in [1.29, 1.82) is 0 Å². The Bertz CT molecular complexity index is 1990. The van der Waals surface area contributed by atoms with Crippen molar-refractivity contribution in [3.8, 4) is 23.3 Å². The molecule has 1 aromatic carbocycles. The van der Waals surface area contributed by atoms with Crippen LogP contribution in [0.2, 0.25) is 0 Å². The van der Waals surface area contributed by atoms with Crippen molar-refractivity contribution in [2.75, 3.05) is 37.2 Å². The minimum atomic E-state index is -0.784. The summed E-state index contributed by atoms with van der Waals surface area (Å²) in [5.74, 6) is 4.93. The molecule has 0 unspecified atom stereocenters. The van der Waals surface area contributed by atoms with Crippen LogP contribution in [0.4, 0.5) is 20.7 Å². The zero-order valence-electron chi connectivity index (χ0n) is 30.8. The average Bonchev–Trinajstić information content (AvgIpc) is 3.09. The van der Waals surface area contributed by atoms with Gasteiger partial charge in [0.15, 0.2) is 11.6 Å². The Hall–Kier alpha value is -5.16. The first-order valence-electron chi connectivity index (χ1n) is 17.7. The monoisotopic (exact) mass is 717 g/mol. The number of carbonyl (C=O) groups excluding carboxylic acids is 2. The summed E-state index contributed by atoms with van der Waals surface area (Å²) < 4.78 is 29.4. The summed E-state index contributed by atoms with van der Waals surface area (Å²) in [7, 11) is 0. The van der Waals surface area contributed by atoms with E-state index in [4.69, 9.17) is 15.2 Å². The summed E-state index contributed by atoms with van der Waals surface area (Å²) in [4.78, 5) is 60.0. The van der Waals surface area contributed by atoms with E-state index in [-0.39, 0.29) is 52.8 Å². The highest BCUT2D eigenvalue weighted by atomic mass is 19.1. The quantitative estimate of drug-likeness (QED) is 0.307. The molecule has 14 heteroatoms. The van der Waals surface area contributed by atoms with Gasteiger partial charge in [-0.25, -0.2) is 19.0 Å². The Morgan fingerprint density at radius 1 is 1.02 bits per heavy atom. The largest absolute Gasteiger partial charge is 0.453 e. The average molecular weight is 718 g/mol. The summed E-state index contributed by atoms with van der Waals surface area (Å²) in [5.41, 5.74) is 4.04. The number of ether oxygens (including phenoxy) is 2. The molecule has 1 aliphatic heterocycles. The first-order chi connectivity index (χ1) is 24.6. The number of amides is 2. The maximum Gasteiger partial charge on any atom is 0.410 e. The Kier molecular flexibility index (Phi) is 11.4. The van der Waals surface area contributed by atoms with Gasteiger partial charge in [0.05, 0.1) is 5.54 Å². The lowest BCUT2D eigenvalue weighted by atomic mass is 9.95. The predicted molar refractivity (Wildman–Crippen MR) is 196 cm³/mol. The molecule has 52 heavy (non-hydrogen) atoms. The molecule has 3 aromatic rings. The maximum absolute atomic E-state index is 15.5. The first kappa shape index (κ1) is 38.1. The van der Waals surface area contributed by atoms with Crippen LogP contribution in [0.25, 0.3) is 0 Å². The van der Waals surface area contributed by atoms with E-state index >= 15 is 4.39 Å². The van der Waals surface area contributed by atoms with Gasteiger partial charge in [-0.2, -0.15) is 0 Å². The van der Waals surface area contributed by atoms with Crippen LogP contribution in [-0.4, -0.2) is 73.2 Å². The minimum absolute atomic E-state index is 0.0930. The van der Waals surface area contributed by atoms with E-state index in [0.29, 0.717) is 26.2 Å². The Balaban J connectivity index is 1.30. The second-order valence-electron chi connectivity index (χ2n) is 14.6. The molecule has 5 rings (SSSR count). The highest BCUT2D eigenvalue weighted by molar-refractivity contribution is 6.03. The number of nitrogens with zero attached hydrogens (tertiary/aromatic N) is 5. The number of halogens is 1. The molecule has 2 amide bonds. The molecular formula is C38H48FN7O6. The van der Waals surface area contributed by atoms with Gasteiger partial charge < -0.3 is 25.4 Å². The summed E-state index contributed by atoms with van der Waals surface area (Å²) in [6.07, 6.45) is 7.00. The van der Waals surface area contributed by atoms with E-state index in [2.05, 4.69) is 27.0 Å². The molecule has 278 valence electrons. The Labute approximate surface area is 302 Å². The fourth-order valence-electron chi connectivity index (χ4n) is 6.39. The molecule has 1 saturated heterocycles. The highest BCUT2D eigenvalue weighted by Crippen LogP contribution is 2.31. The van der Waals surface area contributed by atoms with Gasteiger partial charge in [-0.05, 0) is 66.5 Å². The molecule has 3 N–H and O–H groups in total. The lowest BCUT2D eigenvalue weighted by Crippen LogP contribution is -2.55. The van der Waals surface area contributed by atoms with Crippen LogP contribution in [-0.2, 0) is 11.3 Å². The number of aromatic nitrogens is 3. The zero-order chi connectivity index (χ0) is 37.8. The van der Waals surface area contributed by atoms with E-state index in [0.717, 1.165) is 42.7 Å². The smallest absolute Gasteiger partial charge is 0.410 e. The first-order valence-corrected chi connectivity index (χ1v) is 17.7. The summed E-state index contributed by atoms with van der Waals surface area (Å²) in [5, 5.41) is 2.59. The normalized spacial score (nSPS) is 15.8. The number of nitrogens with two attached hydrogens (primary N) is 1. The van der Waals surface area contributed by atoms with Crippen LogP contribution in [0.1, 0.15) is 95.6 Å². The zero-order valence-corrected chi connectivity index (χ0v) is 30.8. The fraction of sp³-hybridized carbons (Fsp3) is 0.500. The fourth-order valence-corrected chi connectivity index (χ4v) is 6.39. The molecule has 0 spiro atoms. The van der Waals surface area contributed by atoms with Crippen molar-refractivity contribution in [3.63, 3.8) is 0 Å². The van der Waals surface area contributed by atoms with Gasteiger partial charge in [0.2, 0.25) is 0 Å². The minimum Gasteiger partial charge on any atom is -0.453 e. The van der Waals surface area contributed by atoms with Gasteiger partial charge in [0.25, 0.3) is 11.5 Å². The predicted octanol–water partition coefficient (Wildman–Crippen LogP) is 5.38. The van der Waals surface area contributed by atoms with E-state index in [1.807, 2.05) is 34.6 Å². The number of piperazine rings is 1. The standard InChI is InChI=1S/C38H48FN7O6/c1-7-45-34(48)28(24-46(35(45)49)26-11-9-8-10-12-26)33(47)42-25-13-14-31(29(39)23-25)51-30-16-18-41-32(40)27(30)15-17-38(5,6)44-21-19-43(20-22-44)36(50)52-37(2,3)4/h13-14,16,18,23-24,26H,7-12,19-22H2,1-6H3,(H2,40,41)(H,42,47). The molecule has 0 atom stereocenters. The number of carbonyl (C=O) groups is 2. The van der Waals surface area contributed by atoms with Crippen molar-refractivity contribution >= 4 is 23.5 Å². The van der Waals surface area contributed by atoms with Gasteiger partial charge in [0.1, 0.15) is 28.3 Å². The number of hydrogen-bond acceptors (Lipinski definition) is 9. The van der Waals surface area contributed by atoms with Gasteiger partial charge in [-0.3, -0.25) is 23.6 Å². The van der Waals surface area contributed by atoms with E-state index < -0.39 is 34.1 Å². The molecular weight excluding hydrogens is 669 g/mol. The van der Waals surface area contributed by atoms with Crippen LogP contribution >= 0.6 is 0 Å². The molecule has 0 bridgehead atoms. The molecule has 13 nitrogen and oxygen atoms in total. The third-order valence-electron chi connectivity index (χ3n) is 9.29. The maximum atomic E-state index is 15.5. The summed E-state index contributed by atoms with van der Waals surface area (Å²) in [6, 6.07) is 5.31. The topological polar surface area (TPSA) is 154 Å². The number of pyridine rings is 1. The second kappa shape index (κ2) is 15.6. The van der Waals surface area contributed by atoms with Gasteiger partial charge in [-0.1, -0.05) is 31.1 Å². The molecule has 3 heterocycles. The second-order valence-corrected chi connectivity index (χ2v) is 14.6. The van der Waals surface area contributed by atoms with E-state index in [1.54, 1.807) is 11.8 Å². The lowest BCUT2D eigenvalue weighted by Gasteiger charge is -2.41. The molecule has 0 radical (unpaired) electrons. The number of benzene rings is 1. The van der Waals surface area contributed by atoms with Gasteiger partial charge >= 0.3 is 11.8 Å². The Morgan fingerprint density at radius 2 is 1.71 bits per heavy atom. The number of anilines is 2. The number of nitrogen functional groups attached to an aromatic ring is 1. The summed E-state index contributed by atoms with van der Waals surface area (Å²) >= 11 is 0.